The summed E-state index contributed by atoms with van der Waals surface area (Å²) < 4.78 is 0. The van der Waals surface area contributed by atoms with Crippen LogP contribution in [-0.4, -0.2) is 0 Å². The Morgan fingerprint density at radius 1 is 1.00 bits per heavy atom. The van der Waals surface area contributed by atoms with Crippen molar-refractivity contribution in [3.63, 3.8) is 0 Å². The minimum Gasteiger partial charge on any atom is -0.121 e. The highest BCUT2D eigenvalue weighted by Crippen LogP contribution is 2.25. The number of benzene rings is 2. The maximum Gasteiger partial charge on any atom is 0.0237 e. The van der Waals surface area contributed by atoms with Gasteiger partial charge in [0.2, 0.25) is 0 Å². The van der Waals surface area contributed by atoms with Crippen molar-refractivity contribution in [3.05, 3.63) is 65.2 Å². The minimum absolute atomic E-state index is 1.03. The van der Waals surface area contributed by atoms with Crippen molar-refractivity contribution in [2.24, 2.45) is 0 Å². The van der Waals surface area contributed by atoms with Crippen LogP contribution in [0, 0.1) is 19.9 Å². The van der Waals surface area contributed by atoms with Gasteiger partial charge in [-0.1, -0.05) is 36.4 Å². The van der Waals surface area contributed by atoms with Gasteiger partial charge in [-0.15, -0.1) is 11.8 Å². The molecule has 0 aliphatic carbocycles. The maximum absolute atomic E-state index is 3.24. The molecular formula is C15H15S. The Morgan fingerprint density at radius 3 is 2.38 bits per heavy atom. The van der Waals surface area contributed by atoms with Gasteiger partial charge in [0.1, 0.15) is 0 Å². The summed E-state index contributed by atoms with van der Waals surface area (Å²) in [6.07, 6.45) is 0. The van der Waals surface area contributed by atoms with E-state index in [1.54, 1.807) is 0 Å². The first-order valence-electron chi connectivity index (χ1n) is 5.42. The molecule has 0 bridgehead atoms. The molecule has 0 saturated heterocycles. The first-order chi connectivity index (χ1) is 7.77. The van der Waals surface area contributed by atoms with E-state index in [1.165, 1.54) is 21.6 Å². The Bertz CT molecular complexity index is 440. The summed E-state index contributed by atoms with van der Waals surface area (Å²) in [5, 5.41) is 0. The van der Waals surface area contributed by atoms with E-state index in [1.807, 2.05) is 23.9 Å². The molecule has 0 aromatic heterocycles. The van der Waals surface area contributed by atoms with E-state index in [0.717, 1.165) is 5.75 Å². The summed E-state index contributed by atoms with van der Waals surface area (Å²) in [4.78, 5) is 1.21. The van der Waals surface area contributed by atoms with Crippen molar-refractivity contribution in [3.8, 4) is 0 Å². The Hall–Kier alpha value is -1.21. The van der Waals surface area contributed by atoms with Gasteiger partial charge in [0.25, 0.3) is 0 Å². The van der Waals surface area contributed by atoms with Gasteiger partial charge in [0.15, 0.2) is 0 Å². The summed E-state index contributed by atoms with van der Waals surface area (Å²) in [7, 11) is 0. The van der Waals surface area contributed by atoms with Crippen molar-refractivity contribution in [1.82, 2.24) is 0 Å². The van der Waals surface area contributed by atoms with E-state index in [2.05, 4.69) is 50.2 Å². The van der Waals surface area contributed by atoms with Crippen LogP contribution in [0.15, 0.2) is 47.4 Å². The normalized spacial score (nSPS) is 10.4. The summed E-state index contributed by atoms with van der Waals surface area (Å²) in [6, 6.07) is 17.9. The molecule has 0 aliphatic heterocycles. The molecular weight excluding hydrogens is 212 g/mol. The van der Waals surface area contributed by atoms with Crippen LogP contribution in [0.4, 0.5) is 0 Å². The highest BCUT2D eigenvalue weighted by atomic mass is 32.2. The lowest BCUT2D eigenvalue weighted by Crippen LogP contribution is -1.90. The fourth-order valence-electron chi connectivity index (χ4n) is 1.69. The molecule has 1 radical (unpaired) electrons. The first-order valence-corrected chi connectivity index (χ1v) is 6.40. The molecule has 0 fully saturated rings. The molecule has 0 unspecified atom stereocenters. The second kappa shape index (κ2) is 5.22. The number of hydrogen-bond acceptors (Lipinski definition) is 1. The fraction of sp³-hybridized carbons (Fsp3) is 0.200. The van der Waals surface area contributed by atoms with Gasteiger partial charge in [-0.05, 0) is 42.7 Å². The monoisotopic (exact) mass is 227 g/mol. The van der Waals surface area contributed by atoms with E-state index < -0.39 is 0 Å². The summed E-state index contributed by atoms with van der Waals surface area (Å²) in [5.41, 5.74) is 4.21. The summed E-state index contributed by atoms with van der Waals surface area (Å²) in [5.74, 6) is 1.03. The molecule has 0 amide bonds. The molecule has 2 rings (SSSR count). The van der Waals surface area contributed by atoms with Crippen molar-refractivity contribution in [2.45, 2.75) is 24.5 Å². The van der Waals surface area contributed by atoms with Crippen LogP contribution >= 0.6 is 11.8 Å². The number of rotatable bonds is 3. The predicted octanol–water partition coefficient (Wildman–Crippen LogP) is 4.40. The van der Waals surface area contributed by atoms with E-state index in [9.17, 15) is 0 Å². The second-order valence-corrected chi connectivity index (χ2v) is 4.90. The third-order valence-electron chi connectivity index (χ3n) is 2.70. The fourth-order valence-corrected chi connectivity index (χ4v) is 2.77. The Balaban J connectivity index is 2.11. The van der Waals surface area contributed by atoms with Gasteiger partial charge in [-0.25, -0.2) is 0 Å². The third kappa shape index (κ3) is 2.67. The van der Waals surface area contributed by atoms with E-state index in [0.29, 0.717) is 0 Å². The molecule has 0 heterocycles. The average molecular weight is 227 g/mol. The Morgan fingerprint density at radius 2 is 1.75 bits per heavy atom. The van der Waals surface area contributed by atoms with Crippen molar-refractivity contribution >= 4 is 11.8 Å². The molecule has 0 aliphatic rings. The van der Waals surface area contributed by atoms with Crippen molar-refractivity contribution in [2.75, 3.05) is 0 Å². The van der Waals surface area contributed by atoms with Crippen LogP contribution in [0.3, 0.4) is 0 Å². The lowest BCUT2D eigenvalue weighted by molar-refractivity contribution is 1.24. The molecule has 2 aromatic carbocycles. The van der Waals surface area contributed by atoms with E-state index in [4.69, 9.17) is 0 Å². The van der Waals surface area contributed by atoms with Gasteiger partial charge in [0, 0.05) is 10.6 Å². The summed E-state index contributed by atoms with van der Waals surface area (Å²) >= 11 is 1.85. The molecule has 0 nitrogen and oxygen atoms in total. The van der Waals surface area contributed by atoms with Crippen LogP contribution in [0.25, 0.3) is 0 Å². The zero-order valence-electron chi connectivity index (χ0n) is 9.66. The highest BCUT2D eigenvalue weighted by Gasteiger charge is 2.02. The molecule has 0 atom stereocenters. The Kier molecular flexibility index (Phi) is 3.68. The summed E-state index contributed by atoms with van der Waals surface area (Å²) in [6.45, 7) is 4.36. The van der Waals surface area contributed by atoms with Gasteiger partial charge in [-0.2, -0.15) is 0 Å². The number of aryl methyl sites for hydroxylation is 2. The minimum atomic E-state index is 1.03. The molecule has 2 aromatic rings. The molecule has 0 saturated carbocycles. The van der Waals surface area contributed by atoms with Gasteiger partial charge < -0.3 is 0 Å². The van der Waals surface area contributed by atoms with E-state index >= 15 is 0 Å². The lowest BCUT2D eigenvalue weighted by atomic mass is 10.1. The van der Waals surface area contributed by atoms with Gasteiger partial charge in [0.05, 0.1) is 0 Å². The van der Waals surface area contributed by atoms with Crippen LogP contribution in [0.2, 0.25) is 0 Å². The third-order valence-corrected chi connectivity index (χ3v) is 3.69. The van der Waals surface area contributed by atoms with Crippen molar-refractivity contribution in [1.29, 1.82) is 0 Å². The highest BCUT2D eigenvalue weighted by molar-refractivity contribution is 7.98. The molecule has 1 heteroatoms. The maximum atomic E-state index is 3.24. The number of thioether (sulfide) groups is 1. The van der Waals surface area contributed by atoms with E-state index in [-0.39, 0.29) is 0 Å². The topological polar surface area (TPSA) is 0 Å². The van der Waals surface area contributed by atoms with Crippen molar-refractivity contribution < 1.29 is 0 Å². The molecule has 81 valence electrons. The standard InChI is InChI=1S/C15H15S/c1-12-7-6-8-13(2)15(12)11-16-14-9-4-3-5-10-14/h3-9H,11H2,1-2H3. The largest absolute Gasteiger partial charge is 0.121 e. The Labute approximate surface area is 102 Å². The lowest BCUT2D eigenvalue weighted by Gasteiger charge is -2.08. The van der Waals surface area contributed by atoms with Crippen LogP contribution in [-0.2, 0) is 5.75 Å². The van der Waals surface area contributed by atoms with Crippen LogP contribution < -0.4 is 0 Å². The molecule has 0 N–H and O–H groups in total. The average Bonchev–Trinajstić information content (AvgIpc) is 2.30. The zero-order chi connectivity index (χ0) is 11.4. The first kappa shape index (κ1) is 11.3. The quantitative estimate of drug-likeness (QED) is 0.700. The molecule has 0 spiro atoms. The molecule has 16 heavy (non-hydrogen) atoms. The van der Waals surface area contributed by atoms with Crippen LogP contribution in [0.1, 0.15) is 16.7 Å². The van der Waals surface area contributed by atoms with Gasteiger partial charge >= 0.3 is 0 Å². The SMILES string of the molecule is Cc1cccc(C)c1CSc1[c]cccc1. The second-order valence-electron chi connectivity index (χ2n) is 3.89. The zero-order valence-corrected chi connectivity index (χ0v) is 10.5. The van der Waals surface area contributed by atoms with Crippen LogP contribution in [0.5, 0.6) is 0 Å². The smallest absolute Gasteiger partial charge is 0.0237 e. The van der Waals surface area contributed by atoms with Gasteiger partial charge in [-0.3, -0.25) is 0 Å². The number of hydrogen-bond donors (Lipinski definition) is 0. The predicted molar refractivity (Wildman–Crippen MR) is 70.8 cm³/mol.